The number of likely N-dealkylation sites (N-methyl/N-ethyl adjacent to an activating group) is 1. The highest BCUT2D eigenvalue weighted by molar-refractivity contribution is 7.13. The van der Waals surface area contributed by atoms with Gasteiger partial charge in [-0.1, -0.05) is 45.0 Å². The van der Waals surface area contributed by atoms with Crippen LogP contribution >= 0.6 is 11.3 Å². The molecular weight excluding hydrogens is 1180 g/mol. The number of aliphatic hydroxyl groups excluding tert-OH is 1. The van der Waals surface area contributed by atoms with Gasteiger partial charge in [0, 0.05) is 126 Å². The molecule has 89 heavy (non-hydrogen) atoms. The van der Waals surface area contributed by atoms with Gasteiger partial charge in [-0.2, -0.15) is 13.2 Å². The smallest absolute Gasteiger partial charge is 0.391 e. The van der Waals surface area contributed by atoms with Crippen molar-refractivity contribution in [2.45, 2.75) is 110 Å². The van der Waals surface area contributed by atoms with Gasteiger partial charge in [0.25, 0.3) is 5.91 Å². The first-order valence-electron chi connectivity index (χ1n) is 29.6. The highest BCUT2D eigenvalue weighted by Crippen LogP contribution is 2.38. The zero-order chi connectivity index (χ0) is 64.3. The number of hydrogen-bond donors (Lipinski definition) is 6. The lowest BCUT2D eigenvalue weighted by Crippen LogP contribution is -2.57. The molecule has 0 radical (unpaired) electrons. The lowest BCUT2D eigenvalue weighted by molar-refractivity contribution is -0.144. The number of aryl methyl sites for hydroxylation is 1. The number of amides is 6. The number of carbonyl (C=O) groups excluding carboxylic acids is 6. The molecule has 3 aliphatic heterocycles. The number of anilines is 3. The van der Waals surface area contributed by atoms with Gasteiger partial charge >= 0.3 is 6.18 Å². The summed E-state index contributed by atoms with van der Waals surface area (Å²) in [5.41, 5.74) is 1.33. The topological polar surface area (TPSA) is 264 Å². The van der Waals surface area contributed by atoms with E-state index in [9.17, 15) is 51.8 Å². The van der Waals surface area contributed by atoms with Gasteiger partial charge in [0.1, 0.15) is 23.7 Å². The maximum Gasteiger partial charge on any atom is 0.417 e. The molecule has 0 aliphatic carbocycles. The number of piperazine rings is 2. The third kappa shape index (κ3) is 17.5. The summed E-state index contributed by atoms with van der Waals surface area (Å²) in [6.07, 6.45) is -3.79. The molecule has 3 saturated heterocycles. The van der Waals surface area contributed by atoms with Crippen LogP contribution in [0.4, 0.5) is 34.8 Å². The first-order valence-corrected chi connectivity index (χ1v) is 30.5. The van der Waals surface area contributed by atoms with Crippen LogP contribution in [0.3, 0.4) is 0 Å². The van der Waals surface area contributed by atoms with E-state index in [1.54, 1.807) is 54.7 Å². The maximum atomic E-state index is 16.2. The van der Waals surface area contributed by atoms with Gasteiger partial charge in [-0.3, -0.25) is 38.5 Å². The number of nitrogens with zero attached hydrogens (tertiary/aromatic N) is 7. The number of ether oxygens (including phenoxy) is 2. The number of aliphatic hydroxyl groups is 1. The number of benzene rings is 2. The minimum atomic E-state index is -5.01. The molecule has 5 aromatic rings. The fourth-order valence-electron chi connectivity index (χ4n) is 11.0. The summed E-state index contributed by atoms with van der Waals surface area (Å²) in [5.74, 6) is -3.07. The molecule has 0 bridgehead atoms. The number of β-amino-alcohol motifs (C(OH)–C–C–N with tert-alkyl or cyclic N) is 1. The number of nitrogens with one attached hydrogen (secondary N) is 5. The van der Waals surface area contributed by atoms with Crippen LogP contribution in [-0.2, 0) is 46.2 Å². The van der Waals surface area contributed by atoms with Crippen LogP contribution in [0.15, 0.2) is 77.3 Å². The average molecular weight is 1260 g/mol. The van der Waals surface area contributed by atoms with E-state index in [0.29, 0.717) is 62.9 Å². The molecule has 480 valence electrons. The molecule has 3 aromatic heterocycles. The molecule has 22 nitrogen and oxygen atoms in total. The SMILES string of the molecule is Cc1ncsc1-c1ccc(CNC(=O)[C@@H]2C[C@@H](O)CN2C(=O)[C@@H](NC(=O)CCOCCOCCNC(=O)CCC(=O)N2CCN(c3ccc(-c4cc(NC(=O)c5c[nH]c(=O)cc5C(F)(F)F)c(N5C[C@@H](C)N(C)[C@@H](C)C5)cc4F)cn3)CC2)C(C)(C)C)cc1. The molecule has 6 N–H and O–H groups in total. The Hall–Kier alpha value is -7.85. The molecule has 6 heterocycles. The summed E-state index contributed by atoms with van der Waals surface area (Å²) >= 11 is 1.55. The Labute approximate surface area is 517 Å². The van der Waals surface area contributed by atoms with Crippen molar-refractivity contribution in [2.24, 2.45) is 5.41 Å². The van der Waals surface area contributed by atoms with E-state index in [2.05, 4.69) is 41.1 Å². The lowest BCUT2D eigenvalue weighted by atomic mass is 9.85. The number of alkyl halides is 3. The van der Waals surface area contributed by atoms with Crippen LogP contribution in [0, 0.1) is 18.2 Å². The quantitative estimate of drug-likeness (QED) is 0.0344. The van der Waals surface area contributed by atoms with Crippen molar-refractivity contribution in [2.75, 3.05) is 101 Å². The van der Waals surface area contributed by atoms with E-state index in [4.69, 9.17) is 9.47 Å². The Morgan fingerprint density at radius 1 is 0.820 bits per heavy atom. The number of hydrogen-bond acceptors (Lipinski definition) is 16. The van der Waals surface area contributed by atoms with Gasteiger partial charge in [0.15, 0.2) is 0 Å². The third-order valence-corrected chi connectivity index (χ3v) is 17.2. The van der Waals surface area contributed by atoms with Crippen molar-refractivity contribution in [3.8, 4) is 21.6 Å². The van der Waals surface area contributed by atoms with Crippen LogP contribution in [0.2, 0.25) is 0 Å². The Morgan fingerprint density at radius 3 is 2.15 bits per heavy atom. The van der Waals surface area contributed by atoms with E-state index in [0.717, 1.165) is 21.7 Å². The van der Waals surface area contributed by atoms with E-state index in [-0.39, 0.29) is 113 Å². The highest BCUT2D eigenvalue weighted by atomic mass is 32.1. The molecule has 27 heteroatoms. The predicted molar refractivity (Wildman–Crippen MR) is 327 cm³/mol. The molecule has 6 amide bonds. The van der Waals surface area contributed by atoms with Gasteiger partial charge < -0.3 is 60.4 Å². The lowest BCUT2D eigenvalue weighted by Gasteiger charge is -2.44. The number of pyridine rings is 2. The van der Waals surface area contributed by atoms with Gasteiger partial charge in [-0.05, 0) is 68.6 Å². The van der Waals surface area contributed by atoms with Gasteiger partial charge in [-0.25, -0.2) is 14.4 Å². The predicted octanol–water partition coefficient (Wildman–Crippen LogP) is 5.59. The number of H-pyrrole nitrogens is 1. The second-order valence-electron chi connectivity index (χ2n) is 23.7. The summed E-state index contributed by atoms with van der Waals surface area (Å²) in [6.45, 7) is 14.7. The van der Waals surface area contributed by atoms with Crippen LogP contribution in [0.25, 0.3) is 21.6 Å². The minimum Gasteiger partial charge on any atom is -0.391 e. The number of halogens is 4. The van der Waals surface area contributed by atoms with Crippen molar-refractivity contribution in [3.05, 3.63) is 111 Å². The Kier molecular flexibility index (Phi) is 22.3. The summed E-state index contributed by atoms with van der Waals surface area (Å²) in [6, 6.07) is 12.2. The zero-order valence-corrected chi connectivity index (χ0v) is 51.8. The minimum absolute atomic E-state index is 0.00957. The zero-order valence-electron chi connectivity index (χ0n) is 51.0. The number of aromatic nitrogens is 3. The first-order chi connectivity index (χ1) is 42.2. The van der Waals surface area contributed by atoms with Gasteiger partial charge in [0.2, 0.25) is 35.1 Å². The van der Waals surface area contributed by atoms with E-state index < -0.39 is 75.9 Å². The molecule has 5 atom stereocenters. The van der Waals surface area contributed by atoms with Crippen molar-refractivity contribution in [1.29, 1.82) is 0 Å². The van der Waals surface area contributed by atoms with Crippen molar-refractivity contribution in [3.63, 3.8) is 0 Å². The second kappa shape index (κ2) is 29.6. The summed E-state index contributed by atoms with van der Waals surface area (Å²) in [7, 11) is 1.96. The normalized spacial score (nSPS) is 18.6. The van der Waals surface area contributed by atoms with Crippen molar-refractivity contribution < 1.29 is 60.9 Å². The highest BCUT2D eigenvalue weighted by Gasteiger charge is 2.45. The molecule has 3 fully saturated rings. The van der Waals surface area contributed by atoms with Crippen LogP contribution in [-0.4, -0.2) is 186 Å². The molecule has 0 saturated carbocycles. The maximum absolute atomic E-state index is 16.2. The molecule has 2 aromatic carbocycles. The average Bonchev–Trinajstić information content (AvgIpc) is 3.77. The first kappa shape index (κ1) is 67.1. The number of thiazole rings is 1. The molecular formula is C62H78F4N12O10S. The fraction of sp³-hybridized carbons (Fsp3) is 0.500. The number of likely N-dealkylation sites (tertiary alicyclic amines) is 1. The van der Waals surface area contributed by atoms with Crippen LogP contribution < -0.4 is 36.6 Å². The van der Waals surface area contributed by atoms with E-state index in [1.807, 2.05) is 61.9 Å². The molecule has 3 aliphatic rings. The number of rotatable bonds is 23. The molecule has 0 unspecified atom stereocenters. The molecule has 8 rings (SSSR count). The largest absolute Gasteiger partial charge is 0.417 e. The number of carbonyl (C=O) groups is 6. The van der Waals surface area contributed by atoms with Crippen molar-refractivity contribution in [1.82, 2.24) is 45.6 Å². The Morgan fingerprint density at radius 2 is 1.51 bits per heavy atom. The van der Waals surface area contributed by atoms with E-state index >= 15 is 4.39 Å². The van der Waals surface area contributed by atoms with E-state index in [1.165, 1.54) is 23.2 Å². The Balaban J connectivity index is 0.719. The van der Waals surface area contributed by atoms with Gasteiger partial charge in [0.05, 0.1) is 71.1 Å². The Bertz CT molecular complexity index is 3360. The molecule has 0 spiro atoms. The standard InChI is InChI=1S/C62H78F4N12O10S/c1-37-33-77(34-38(2)74(37)7)49-29-47(63)44(27-48(49)72-58(84)45-32-69-54(82)28-46(45)62(64,65)66)42-12-13-51(68-31-42)75-18-20-76(21-19-75)55(83)15-14-52(80)67-17-23-88-25-24-87-22-16-53(81)73-57(61(4,5)6)60(86)78-35-43(79)26-50(78)59(85)70-30-40-8-10-41(11-9-40)56-39(3)71-36-89-56/h8-13,27-29,31-32,36-38,43,50,57,79H,14-26,30,33-35H2,1-7H3,(H,67,80)(H,69,82)(H,70,85)(H,72,84)(H,73,81)/t37-,38+,43-,50+,57-/m1/s1. The summed E-state index contributed by atoms with van der Waals surface area (Å²) < 4.78 is 69.4. The second-order valence-corrected chi connectivity index (χ2v) is 24.6. The fourth-order valence-corrected chi connectivity index (χ4v) is 11.8. The van der Waals surface area contributed by atoms with Gasteiger partial charge in [-0.15, -0.1) is 11.3 Å². The number of aromatic amines is 1. The van der Waals surface area contributed by atoms with Crippen LogP contribution in [0.5, 0.6) is 0 Å². The van der Waals surface area contributed by atoms with Crippen molar-refractivity contribution >= 4 is 64.0 Å². The third-order valence-electron chi connectivity index (χ3n) is 16.2. The summed E-state index contributed by atoms with van der Waals surface area (Å²) in [5, 5.41) is 21.6. The van der Waals surface area contributed by atoms with Crippen LogP contribution in [0.1, 0.15) is 87.5 Å². The summed E-state index contributed by atoms with van der Waals surface area (Å²) in [4.78, 5) is 113. The monoisotopic (exact) mass is 1260 g/mol.